The fourth-order valence-corrected chi connectivity index (χ4v) is 2.49. The van der Waals surface area contributed by atoms with Gasteiger partial charge in [0, 0.05) is 6.20 Å². The first-order chi connectivity index (χ1) is 9.79. The fraction of sp³-hybridized carbons (Fsp3) is 0.0714. The molecule has 20 heavy (non-hydrogen) atoms. The molecule has 0 aliphatic heterocycles. The largest absolute Gasteiger partial charge is 0.272 e. The van der Waals surface area contributed by atoms with Gasteiger partial charge in [-0.3, -0.25) is 10.2 Å². The van der Waals surface area contributed by atoms with Crippen molar-refractivity contribution in [1.82, 2.24) is 14.6 Å². The first kappa shape index (κ1) is 12.7. The van der Waals surface area contributed by atoms with E-state index in [1.54, 1.807) is 29.3 Å². The molecule has 0 saturated carbocycles. The quantitative estimate of drug-likeness (QED) is 0.751. The third kappa shape index (κ3) is 2.25. The third-order valence-electron chi connectivity index (χ3n) is 2.88. The van der Waals surface area contributed by atoms with Crippen LogP contribution in [0.4, 0.5) is 0 Å². The molecule has 0 saturated heterocycles. The molecule has 0 aliphatic carbocycles. The van der Waals surface area contributed by atoms with E-state index in [1.165, 1.54) is 11.8 Å². The average Bonchev–Trinajstić information content (AvgIpc) is 2.90. The van der Waals surface area contributed by atoms with Gasteiger partial charge in [-0.25, -0.2) is 14.6 Å². The lowest BCUT2D eigenvalue weighted by atomic mass is 10.3. The van der Waals surface area contributed by atoms with Gasteiger partial charge in [0.15, 0.2) is 0 Å². The number of rotatable bonds is 3. The van der Waals surface area contributed by atoms with Gasteiger partial charge < -0.3 is 0 Å². The molecule has 100 valence electrons. The number of hydrogen-bond donors (Lipinski definition) is 1. The number of nitrogens with one attached hydrogen (secondary N) is 1. The second-order valence-electron chi connectivity index (χ2n) is 4.10. The molecule has 5 nitrogen and oxygen atoms in total. The summed E-state index contributed by atoms with van der Waals surface area (Å²) in [5, 5.41) is 0.703. The van der Waals surface area contributed by atoms with Crippen molar-refractivity contribution in [2.75, 3.05) is 11.7 Å². The van der Waals surface area contributed by atoms with Crippen LogP contribution in [0.3, 0.4) is 0 Å². The number of imidazole rings is 1. The summed E-state index contributed by atoms with van der Waals surface area (Å²) in [4.78, 5) is 20.7. The van der Waals surface area contributed by atoms with Crippen LogP contribution in [0.25, 0.3) is 11.0 Å². The van der Waals surface area contributed by atoms with Crippen molar-refractivity contribution in [1.29, 1.82) is 0 Å². The highest BCUT2D eigenvalue weighted by atomic mass is 32.2. The molecular weight excluding hydrogens is 272 g/mol. The molecule has 0 atom stereocenters. The Balaban J connectivity index is 1.93. The highest BCUT2D eigenvalue weighted by Crippen LogP contribution is 2.17. The summed E-state index contributed by atoms with van der Waals surface area (Å²) in [5.74, 6) is -0.203. The van der Waals surface area contributed by atoms with Crippen molar-refractivity contribution < 1.29 is 4.79 Å². The van der Waals surface area contributed by atoms with Crippen molar-refractivity contribution >= 4 is 28.7 Å². The minimum Gasteiger partial charge on any atom is -0.267 e. The zero-order valence-electron chi connectivity index (χ0n) is 10.8. The van der Waals surface area contributed by atoms with Gasteiger partial charge in [-0.05, 0) is 30.5 Å². The Bertz CT molecular complexity index is 768. The molecule has 2 heterocycles. The van der Waals surface area contributed by atoms with Gasteiger partial charge in [-0.15, -0.1) is 11.8 Å². The Morgan fingerprint density at radius 1 is 1.20 bits per heavy atom. The molecule has 0 radical (unpaired) electrons. The summed E-state index contributed by atoms with van der Waals surface area (Å²) in [6, 6.07) is 11.1. The van der Waals surface area contributed by atoms with Gasteiger partial charge in [0.25, 0.3) is 5.91 Å². The predicted octanol–water partition coefficient (Wildman–Crippen LogP) is 2.54. The van der Waals surface area contributed by atoms with Gasteiger partial charge in [0.05, 0.1) is 16.6 Å². The number of thioether (sulfide) groups is 1. The van der Waals surface area contributed by atoms with Crippen LogP contribution in [0.1, 0.15) is 10.4 Å². The van der Waals surface area contributed by atoms with Crippen LogP contribution < -0.4 is 5.43 Å². The van der Waals surface area contributed by atoms with Crippen molar-refractivity contribution in [3.8, 4) is 0 Å². The third-order valence-corrected chi connectivity index (χ3v) is 3.60. The van der Waals surface area contributed by atoms with Crippen LogP contribution in [-0.2, 0) is 0 Å². The van der Waals surface area contributed by atoms with E-state index in [9.17, 15) is 4.79 Å². The summed E-state index contributed by atoms with van der Waals surface area (Å²) in [6.45, 7) is 0. The molecule has 3 rings (SSSR count). The molecular formula is C14H12N4OS. The second kappa shape index (κ2) is 5.34. The lowest BCUT2D eigenvalue weighted by Gasteiger charge is -2.08. The minimum atomic E-state index is -0.203. The number of carbonyl (C=O) groups excluding carboxylic acids is 1. The number of aromatic nitrogens is 3. The number of nitrogens with zero attached hydrogens (tertiary/aromatic N) is 3. The molecule has 1 amide bonds. The summed E-state index contributed by atoms with van der Waals surface area (Å²) in [5.41, 5.74) is 5.07. The molecule has 0 unspecified atom stereocenters. The highest BCUT2D eigenvalue weighted by Gasteiger charge is 2.12. The lowest BCUT2D eigenvalue weighted by molar-refractivity contribution is 0.100. The van der Waals surface area contributed by atoms with E-state index in [4.69, 9.17) is 0 Å². The SMILES string of the molecule is CSc1ncccc1C(=O)Nn1cnc2ccccc21. The number of hydrogen-bond acceptors (Lipinski definition) is 4. The van der Waals surface area contributed by atoms with Crippen molar-refractivity contribution in [3.05, 3.63) is 54.5 Å². The normalized spacial score (nSPS) is 10.7. The highest BCUT2D eigenvalue weighted by molar-refractivity contribution is 7.98. The molecule has 0 fully saturated rings. The van der Waals surface area contributed by atoms with Crippen LogP contribution in [0.15, 0.2) is 53.9 Å². The van der Waals surface area contributed by atoms with Gasteiger partial charge in [0.1, 0.15) is 11.4 Å². The van der Waals surface area contributed by atoms with E-state index in [2.05, 4.69) is 15.4 Å². The standard InChI is InChI=1S/C14H12N4OS/c1-20-14-10(5-4-8-15-14)13(19)17-18-9-16-11-6-2-3-7-12(11)18/h2-9H,1H3,(H,17,19). The number of benzene rings is 1. The summed E-state index contributed by atoms with van der Waals surface area (Å²) >= 11 is 1.44. The molecule has 0 bridgehead atoms. The Morgan fingerprint density at radius 3 is 2.90 bits per heavy atom. The summed E-state index contributed by atoms with van der Waals surface area (Å²) in [7, 11) is 0. The first-order valence-corrected chi connectivity index (χ1v) is 7.24. The smallest absolute Gasteiger partial charge is 0.267 e. The number of carbonyl (C=O) groups is 1. The van der Waals surface area contributed by atoms with Crippen LogP contribution in [0.2, 0.25) is 0 Å². The molecule has 0 spiro atoms. The molecule has 1 aromatic carbocycles. The Morgan fingerprint density at radius 2 is 2.05 bits per heavy atom. The van der Waals surface area contributed by atoms with E-state index in [-0.39, 0.29) is 5.91 Å². The van der Waals surface area contributed by atoms with E-state index in [0.717, 1.165) is 11.0 Å². The lowest BCUT2D eigenvalue weighted by Crippen LogP contribution is -2.22. The van der Waals surface area contributed by atoms with E-state index in [0.29, 0.717) is 10.6 Å². The van der Waals surface area contributed by atoms with Crippen LogP contribution in [0.5, 0.6) is 0 Å². The molecule has 2 aromatic heterocycles. The van der Waals surface area contributed by atoms with Crippen LogP contribution >= 0.6 is 11.8 Å². The topological polar surface area (TPSA) is 59.8 Å². The maximum absolute atomic E-state index is 12.3. The number of fused-ring (bicyclic) bond motifs is 1. The average molecular weight is 284 g/mol. The van der Waals surface area contributed by atoms with Crippen molar-refractivity contribution in [3.63, 3.8) is 0 Å². The van der Waals surface area contributed by atoms with Gasteiger partial charge in [-0.1, -0.05) is 12.1 Å². The van der Waals surface area contributed by atoms with Crippen molar-refractivity contribution in [2.45, 2.75) is 5.03 Å². The summed E-state index contributed by atoms with van der Waals surface area (Å²) < 4.78 is 1.62. The van der Waals surface area contributed by atoms with Gasteiger partial charge in [-0.2, -0.15) is 0 Å². The van der Waals surface area contributed by atoms with Crippen molar-refractivity contribution in [2.24, 2.45) is 0 Å². The Kier molecular flexibility index (Phi) is 3.39. The van der Waals surface area contributed by atoms with Crippen LogP contribution in [0, 0.1) is 0 Å². The molecule has 6 heteroatoms. The van der Waals surface area contributed by atoms with Gasteiger partial charge >= 0.3 is 0 Å². The van der Waals surface area contributed by atoms with Gasteiger partial charge in [0.2, 0.25) is 0 Å². The predicted molar refractivity (Wildman–Crippen MR) is 79.4 cm³/mol. The maximum Gasteiger partial charge on any atom is 0.272 e. The second-order valence-corrected chi connectivity index (χ2v) is 4.90. The molecule has 1 N–H and O–H groups in total. The van der Waals surface area contributed by atoms with E-state index < -0.39 is 0 Å². The summed E-state index contributed by atoms with van der Waals surface area (Å²) in [6.07, 6.45) is 5.17. The Hall–Kier alpha value is -2.34. The maximum atomic E-state index is 12.3. The monoisotopic (exact) mass is 284 g/mol. The van der Waals surface area contributed by atoms with E-state index in [1.807, 2.05) is 30.5 Å². The first-order valence-electron chi connectivity index (χ1n) is 6.02. The zero-order valence-corrected chi connectivity index (χ0v) is 11.6. The van der Waals surface area contributed by atoms with Crippen LogP contribution in [-0.4, -0.2) is 26.8 Å². The van der Waals surface area contributed by atoms with E-state index >= 15 is 0 Å². The minimum absolute atomic E-state index is 0.203. The fourth-order valence-electron chi connectivity index (χ4n) is 1.94. The Labute approximate surface area is 120 Å². The molecule has 0 aliphatic rings. The number of amides is 1. The number of para-hydroxylation sites is 2. The molecule has 3 aromatic rings. The zero-order chi connectivity index (χ0) is 13.9. The number of pyridine rings is 1.